The Morgan fingerprint density at radius 2 is 1.96 bits per heavy atom. The smallest absolute Gasteiger partial charge is 0.147 e. The highest BCUT2D eigenvalue weighted by molar-refractivity contribution is 5.19. The number of rotatable bonds is 3. The molecule has 132 valence electrons. The largest absolute Gasteiger partial charge is 0.391 e. The van der Waals surface area contributed by atoms with E-state index in [-0.39, 0.29) is 42.3 Å². The summed E-state index contributed by atoms with van der Waals surface area (Å²) in [6, 6.07) is 10.8. The number of aliphatic hydroxyl groups excluding tert-OH is 1. The van der Waals surface area contributed by atoms with Crippen LogP contribution < -0.4 is 0 Å². The molecule has 0 aromatic heterocycles. The van der Waals surface area contributed by atoms with Gasteiger partial charge in [0.1, 0.15) is 12.9 Å². The number of benzene rings is 1. The SMILES string of the molecule is CO[C@@H]1[C@@H]2CN([C@H](C)c3ccccc3)C[C@H](O)[C@@H]2C[C@@H]2OCO[C@@H]12. The quantitative estimate of drug-likeness (QED) is 0.914. The highest BCUT2D eigenvalue weighted by atomic mass is 16.7. The van der Waals surface area contributed by atoms with Gasteiger partial charge in [-0.25, -0.2) is 0 Å². The summed E-state index contributed by atoms with van der Waals surface area (Å²) in [7, 11) is 1.75. The highest BCUT2D eigenvalue weighted by Gasteiger charge is 2.53. The molecule has 3 aliphatic rings. The van der Waals surface area contributed by atoms with E-state index in [1.807, 2.05) is 6.07 Å². The van der Waals surface area contributed by atoms with Gasteiger partial charge in [0.15, 0.2) is 0 Å². The number of fused-ring (bicyclic) bond motifs is 2. The Morgan fingerprint density at radius 3 is 2.71 bits per heavy atom. The topological polar surface area (TPSA) is 51.2 Å². The maximum atomic E-state index is 10.8. The molecule has 24 heavy (non-hydrogen) atoms. The number of likely N-dealkylation sites (tertiary alicyclic amines) is 1. The van der Waals surface area contributed by atoms with Crippen molar-refractivity contribution in [2.45, 2.75) is 43.8 Å². The molecule has 1 aromatic rings. The summed E-state index contributed by atoms with van der Waals surface area (Å²) in [4.78, 5) is 2.38. The number of nitrogens with zero attached hydrogens (tertiary/aromatic N) is 1. The third-order valence-electron chi connectivity index (χ3n) is 6.17. The van der Waals surface area contributed by atoms with Gasteiger partial charge in [-0.05, 0) is 24.8 Å². The first kappa shape index (κ1) is 16.5. The molecule has 0 spiro atoms. The summed E-state index contributed by atoms with van der Waals surface area (Å²) >= 11 is 0. The molecule has 0 amide bonds. The second-order valence-corrected chi connectivity index (χ2v) is 7.33. The molecule has 1 N–H and O–H groups in total. The summed E-state index contributed by atoms with van der Waals surface area (Å²) in [5, 5.41) is 10.8. The van der Waals surface area contributed by atoms with Crippen LogP contribution in [-0.4, -0.2) is 61.4 Å². The van der Waals surface area contributed by atoms with Crippen LogP contribution >= 0.6 is 0 Å². The summed E-state index contributed by atoms with van der Waals surface area (Å²) in [5.41, 5.74) is 1.28. The predicted octanol–water partition coefficient (Wildman–Crippen LogP) is 1.82. The Balaban J connectivity index is 1.55. The summed E-state index contributed by atoms with van der Waals surface area (Å²) in [5.74, 6) is 0.491. The molecule has 0 bridgehead atoms. The van der Waals surface area contributed by atoms with Crippen LogP contribution in [0.1, 0.15) is 24.9 Å². The average molecular weight is 333 g/mol. The van der Waals surface area contributed by atoms with Crippen LogP contribution in [0.25, 0.3) is 0 Å². The van der Waals surface area contributed by atoms with Crippen LogP contribution in [0.2, 0.25) is 0 Å². The minimum Gasteiger partial charge on any atom is -0.391 e. The Morgan fingerprint density at radius 1 is 1.17 bits per heavy atom. The van der Waals surface area contributed by atoms with Crippen molar-refractivity contribution in [3.63, 3.8) is 0 Å². The van der Waals surface area contributed by atoms with Gasteiger partial charge < -0.3 is 19.3 Å². The third-order valence-corrected chi connectivity index (χ3v) is 6.17. The molecule has 1 saturated carbocycles. The van der Waals surface area contributed by atoms with Crippen molar-refractivity contribution in [3.05, 3.63) is 35.9 Å². The van der Waals surface area contributed by atoms with E-state index in [2.05, 4.69) is 36.1 Å². The number of methoxy groups -OCH3 is 1. The van der Waals surface area contributed by atoms with Crippen molar-refractivity contribution in [1.29, 1.82) is 0 Å². The molecular formula is C19H27NO4. The van der Waals surface area contributed by atoms with Crippen LogP contribution in [0.4, 0.5) is 0 Å². The Hall–Kier alpha value is -0.980. The van der Waals surface area contributed by atoms with Gasteiger partial charge in [-0.1, -0.05) is 30.3 Å². The monoisotopic (exact) mass is 333 g/mol. The van der Waals surface area contributed by atoms with Gasteiger partial charge in [0, 0.05) is 32.2 Å². The van der Waals surface area contributed by atoms with Crippen LogP contribution in [0.5, 0.6) is 0 Å². The van der Waals surface area contributed by atoms with Crippen LogP contribution in [0.3, 0.4) is 0 Å². The zero-order chi connectivity index (χ0) is 16.7. The lowest BCUT2D eigenvalue weighted by molar-refractivity contribution is -0.152. The van der Waals surface area contributed by atoms with Gasteiger partial charge in [-0.2, -0.15) is 0 Å². The zero-order valence-electron chi connectivity index (χ0n) is 14.4. The van der Waals surface area contributed by atoms with E-state index >= 15 is 0 Å². The standard InChI is InChI=1S/C19H27NO4/c1-12(13-6-4-3-5-7-13)20-9-15-14(16(21)10-20)8-17-19(18(15)22-2)24-11-23-17/h3-7,12,14-19,21H,8-11H2,1-2H3/t12-,14-,15-,16+,17+,18-,19-/m1/s1. The number of hydrogen-bond donors (Lipinski definition) is 1. The lowest BCUT2D eigenvalue weighted by atomic mass is 9.69. The number of aliphatic hydroxyl groups is 1. The molecule has 3 fully saturated rings. The fourth-order valence-electron chi connectivity index (χ4n) is 4.82. The first-order chi connectivity index (χ1) is 11.7. The fraction of sp³-hybridized carbons (Fsp3) is 0.684. The number of piperidine rings is 1. The van der Waals surface area contributed by atoms with Crippen LogP contribution in [0.15, 0.2) is 30.3 Å². The maximum Gasteiger partial charge on any atom is 0.147 e. The number of β-amino-alcohol motifs (C(OH)–C–C–N with tert-alkyl or cyclic N) is 1. The predicted molar refractivity (Wildman–Crippen MR) is 89.4 cm³/mol. The lowest BCUT2D eigenvalue weighted by Gasteiger charge is -2.51. The zero-order valence-corrected chi connectivity index (χ0v) is 14.4. The van der Waals surface area contributed by atoms with Crippen molar-refractivity contribution in [1.82, 2.24) is 4.90 Å². The molecule has 2 aliphatic heterocycles. The summed E-state index contributed by atoms with van der Waals surface area (Å²) in [6.45, 7) is 4.18. The van der Waals surface area contributed by atoms with Crippen molar-refractivity contribution in [3.8, 4) is 0 Å². The van der Waals surface area contributed by atoms with Gasteiger partial charge in [0.25, 0.3) is 0 Å². The molecule has 1 aromatic carbocycles. The van der Waals surface area contributed by atoms with Gasteiger partial charge in [0.05, 0.1) is 18.3 Å². The minimum absolute atomic E-state index is 0.00423. The highest BCUT2D eigenvalue weighted by Crippen LogP contribution is 2.43. The van der Waals surface area contributed by atoms with Crippen LogP contribution in [0, 0.1) is 11.8 Å². The molecule has 1 aliphatic carbocycles. The van der Waals surface area contributed by atoms with E-state index in [4.69, 9.17) is 14.2 Å². The van der Waals surface area contributed by atoms with Gasteiger partial charge in [-0.3, -0.25) is 4.90 Å². The second kappa shape index (κ2) is 6.73. The normalized spacial score (nSPS) is 40.8. The Kier molecular flexibility index (Phi) is 4.62. The fourth-order valence-corrected chi connectivity index (χ4v) is 4.82. The minimum atomic E-state index is -0.349. The van der Waals surface area contributed by atoms with E-state index in [1.165, 1.54) is 5.56 Å². The molecule has 4 rings (SSSR count). The Bertz CT molecular complexity index is 554. The average Bonchev–Trinajstić information content (AvgIpc) is 3.08. The molecular weight excluding hydrogens is 306 g/mol. The molecule has 5 nitrogen and oxygen atoms in total. The third kappa shape index (κ3) is 2.78. The van der Waals surface area contributed by atoms with Crippen molar-refractivity contribution < 1.29 is 19.3 Å². The second-order valence-electron chi connectivity index (χ2n) is 7.33. The van der Waals surface area contributed by atoms with Gasteiger partial charge in [-0.15, -0.1) is 0 Å². The Labute approximate surface area is 143 Å². The van der Waals surface area contributed by atoms with E-state index in [0.717, 1.165) is 13.0 Å². The summed E-state index contributed by atoms with van der Waals surface area (Å²) < 4.78 is 17.3. The maximum absolute atomic E-state index is 10.8. The van der Waals surface area contributed by atoms with E-state index in [0.29, 0.717) is 13.3 Å². The first-order valence-electron chi connectivity index (χ1n) is 8.92. The lowest BCUT2D eigenvalue weighted by Crippen LogP contribution is -2.61. The number of hydrogen-bond acceptors (Lipinski definition) is 5. The summed E-state index contributed by atoms with van der Waals surface area (Å²) in [6.07, 6.45) is 0.554. The van der Waals surface area contributed by atoms with E-state index < -0.39 is 0 Å². The van der Waals surface area contributed by atoms with E-state index in [9.17, 15) is 5.11 Å². The van der Waals surface area contributed by atoms with Crippen molar-refractivity contribution in [2.24, 2.45) is 11.8 Å². The van der Waals surface area contributed by atoms with Crippen molar-refractivity contribution in [2.75, 3.05) is 27.0 Å². The number of ether oxygens (including phenoxy) is 3. The van der Waals surface area contributed by atoms with Crippen molar-refractivity contribution >= 4 is 0 Å². The van der Waals surface area contributed by atoms with Gasteiger partial charge >= 0.3 is 0 Å². The molecule has 7 atom stereocenters. The van der Waals surface area contributed by atoms with E-state index in [1.54, 1.807) is 7.11 Å². The molecule has 0 unspecified atom stereocenters. The van der Waals surface area contributed by atoms with Crippen LogP contribution in [-0.2, 0) is 14.2 Å². The molecule has 0 radical (unpaired) electrons. The molecule has 2 saturated heterocycles. The van der Waals surface area contributed by atoms with Gasteiger partial charge in [0.2, 0.25) is 0 Å². The first-order valence-corrected chi connectivity index (χ1v) is 8.92. The molecule has 2 heterocycles. The molecule has 5 heteroatoms.